The number of carboxylic acids is 1. The number of aliphatic carboxylic acids is 1. The second kappa shape index (κ2) is 7.83. The third-order valence-corrected chi connectivity index (χ3v) is 3.05. The Balaban J connectivity index is 2.59. The predicted molar refractivity (Wildman–Crippen MR) is 81.5 cm³/mol. The lowest BCUT2D eigenvalue weighted by molar-refractivity contribution is -0.142. The number of amides is 1. The molecule has 0 saturated carbocycles. The van der Waals surface area contributed by atoms with Crippen LogP contribution in [0.1, 0.15) is 20.3 Å². The van der Waals surface area contributed by atoms with E-state index in [2.05, 4.69) is 10.3 Å². The number of hydrogen-bond acceptors (Lipinski definition) is 4. The van der Waals surface area contributed by atoms with Crippen molar-refractivity contribution in [2.45, 2.75) is 26.3 Å². The number of nitrogens with zero attached hydrogens (tertiary/aromatic N) is 2. The van der Waals surface area contributed by atoms with Gasteiger partial charge in [-0.25, -0.2) is 9.78 Å². The highest BCUT2D eigenvalue weighted by Gasteiger charge is 2.21. The Morgan fingerprint density at radius 3 is 2.57 bits per heavy atom. The normalized spacial score (nSPS) is 12.0. The van der Waals surface area contributed by atoms with E-state index in [4.69, 9.17) is 16.7 Å². The fraction of sp³-hybridized carbons (Fsp3) is 0.500. The number of carbonyl (C=O) groups excluding carboxylic acids is 1. The van der Waals surface area contributed by atoms with Gasteiger partial charge in [-0.1, -0.05) is 25.4 Å². The molecule has 21 heavy (non-hydrogen) atoms. The van der Waals surface area contributed by atoms with Crippen LogP contribution in [0.25, 0.3) is 0 Å². The van der Waals surface area contributed by atoms with Crippen LogP contribution in [0.15, 0.2) is 18.3 Å². The highest BCUT2D eigenvalue weighted by molar-refractivity contribution is 6.30. The van der Waals surface area contributed by atoms with Crippen LogP contribution < -0.4 is 10.2 Å². The standard InChI is InChI=1S/C14H20ClN3O3/c1-9(2)6-11(14(20)21)17-13(19)8-18(3)12-5-4-10(15)7-16-12/h4-5,7,9,11H,6,8H2,1-3H3,(H,17,19)(H,20,21). The Morgan fingerprint density at radius 2 is 2.10 bits per heavy atom. The first-order chi connectivity index (χ1) is 9.79. The van der Waals surface area contributed by atoms with Gasteiger partial charge in [0.05, 0.1) is 11.6 Å². The molecular formula is C14H20ClN3O3. The van der Waals surface area contributed by atoms with Crippen molar-refractivity contribution in [3.05, 3.63) is 23.4 Å². The topological polar surface area (TPSA) is 82.5 Å². The molecule has 1 atom stereocenters. The minimum atomic E-state index is -1.02. The molecule has 1 rings (SSSR count). The molecule has 0 bridgehead atoms. The maximum Gasteiger partial charge on any atom is 0.326 e. The first kappa shape index (κ1) is 17.2. The van der Waals surface area contributed by atoms with Gasteiger partial charge in [0, 0.05) is 13.2 Å². The predicted octanol–water partition coefficient (Wildman–Crippen LogP) is 1.79. The van der Waals surface area contributed by atoms with Crippen LogP contribution in [-0.4, -0.2) is 41.6 Å². The summed E-state index contributed by atoms with van der Waals surface area (Å²) >= 11 is 5.75. The van der Waals surface area contributed by atoms with E-state index in [0.717, 1.165) is 0 Å². The van der Waals surface area contributed by atoms with Crippen LogP contribution in [-0.2, 0) is 9.59 Å². The van der Waals surface area contributed by atoms with Crippen LogP contribution >= 0.6 is 11.6 Å². The molecule has 0 spiro atoms. The molecule has 116 valence electrons. The van der Waals surface area contributed by atoms with Gasteiger partial charge in [0.1, 0.15) is 11.9 Å². The Hall–Kier alpha value is -1.82. The molecule has 1 amide bonds. The van der Waals surface area contributed by atoms with Gasteiger partial charge in [-0.3, -0.25) is 4.79 Å². The van der Waals surface area contributed by atoms with E-state index in [1.807, 2.05) is 13.8 Å². The number of anilines is 1. The molecule has 0 fully saturated rings. The third-order valence-electron chi connectivity index (χ3n) is 2.82. The third kappa shape index (κ3) is 5.99. The second-order valence-electron chi connectivity index (χ2n) is 5.28. The molecule has 1 heterocycles. The Bertz CT molecular complexity index is 491. The highest BCUT2D eigenvalue weighted by Crippen LogP contribution is 2.12. The van der Waals surface area contributed by atoms with Crippen LogP contribution in [0.2, 0.25) is 5.02 Å². The van der Waals surface area contributed by atoms with Crippen molar-refractivity contribution in [2.24, 2.45) is 5.92 Å². The van der Waals surface area contributed by atoms with Crippen molar-refractivity contribution < 1.29 is 14.7 Å². The fourth-order valence-corrected chi connectivity index (χ4v) is 1.93. The van der Waals surface area contributed by atoms with E-state index in [1.54, 1.807) is 24.1 Å². The van der Waals surface area contributed by atoms with Gasteiger partial charge in [-0.2, -0.15) is 0 Å². The van der Waals surface area contributed by atoms with Gasteiger partial charge < -0.3 is 15.3 Å². The Morgan fingerprint density at radius 1 is 1.43 bits per heavy atom. The zero-order valence-electron chi connectivity index (χ0n) is 12.3. The molecule has 0 radical (unpaired) electrons. The largest absolute Gasteiger partial charge is 0.480 e. The zero-order chi connectivity index (χ0) is 16.0. The smallest absolute Gasteiger partial charge is 0.326 e. The fourth-order valence-electron chi connectivity index (χ4n) is 1.82. The number of pyridine rings is 1. The van der Waals surface area contributed by atoms with Gasteiger partial charge in [0.2, 0.25) is 5.91 Å². The monoisotopic (exact) mass is 313 g/mol. The van der Waals surface area contributed by atoms with E-state index in [-0.39, 0.29) is 18.4 Å². The summed E-state index contributed by atoms with van der Waals surface area (Å²) < 4.78 is 0. The van der Waals surface area contributed by atoms with Crippen LogP contribution in [0.3, 0.4) is 0 Å². The lowest BCUT2D eigenvalue weighted by Gasteiger charge is -2.20. The van der Waals surface area contributed by atoms with Crippen molar-refractivity contribution in [3.8, 4) is 0 Å². The van der Waals surface area contributed by atoms with Crippen LogP contribution in [0.5, 0.6) is 0 Å². The summed E-state index contributed by atoms with van der Waals surface area (Å²) in [5.41, 5.74) is 0. The molecule has 0 aliphatic heterocycles. The summed E-state index contributed by atoms with van der Waals surface area (Å²) in [7, 11) is 1.70. The summed E-state index contributed by atoms with van der Waals surface area (Å²) in [6, 6.07) is 2.50. The highest BCUT2D eigenvalue weighted by atomic mass is 35.5. The molecule has 6 nitrogen and oxygen atoms in total. The van der Waals surface area contributed by atoms with Gasteiger partial charge in [0.25, 0.3) is 0 Å². The molecule has 7 heteroatoms. The molecule has 1 unspecified atom stereocenters. The Labute approximate surface area is 129 Å². The number of aromatic nitrogens is 1. The molecule has 1 aromatic heterocycles. The zero-order valence-corrected chi connectivity index (χ0v) is 13.1. The molecule has 0 aliphatic rings. The number of carboxylic acid groups (broad SMARTS) is 1. The van der Waals surface area contributed by atoms with Crippen molar-refractivity contribution in [1.82, 2.24) is 10.3 Å². The molecule has 1 aromatic rings. The maximum atomic E-state index is 11.9. The number of rotatable bonds is 7. The number of hydrogen-bond donors (Lipinski definition) is 2. The van der Waals surface area contributed by atoms with E-state index < -0.39 is 12.0 Å². The van der Waals surface area contributed by atoms with Gasteiger partial charge in [-0.15, -0.1) is 0 Å². The van der Waals surface area contributed by atoms with Crippen molar-refractivity contribution in [3.63, 3.8) is 0 Å². The minimum absolute atomic E-state index is 0.0243. The van der Waals surface area contributed by atoms with E-state index in [0.29, 0.717) is 17.3 Å². The van der Waals surface area contributed by atoms with Crippen molar-refractivity contribution in [2.75, 3.05) is 18.5 Å². The lowest BCUT2D eigenvalue weighted by Crippen LogP contribution is -2.45. The molecule has 0 aromatic carbocycles. The average Bonchev–Trinajstić information content (AvgIpc) is 2.37. The Kier molecular flexibility index (Phi) is 6.42. The molecular weight excluding hydrogens is 294 g/mol. The van der Waals surface area contributed by atoms with Crippen LogP contribution in [0.4, 0.5) is 5.82 Å². The first-order valence-corrected chi connectivity index (χ1v) is 7.02. The van der Waals surface area contributed by atoms with E-state index in [1.165, 1.54) is 6.20 Å². The maximum absolute atomic E-state index is 11.9. The van der Waals surface area contributed by atoms with Crippen molar-refractivity contribution >= 4 is 29.3 Å². The number of carbonyl (C=O) groups is 2. The molecule has 2 N–H and O–H groups in total. The number of likely N-dealkylation sites (N-methyl/N-ethyl adjacent to an activating group) is 1. The van der Waals surface area contributed by atoms with Gasteiger partial charge in [-0.05, 0) is 24.5 Å². The SMILES string of the molecule is CC(C)CC(NC(=O)CN(C)c1ccc(Cl)cn1)C(=O)O. The second-order valence-corrected chi connectivity index (χ2v) is 5.72. The van der Waals surface area contributed by atoms with Crippen molar-refractivity contribution in [1.29, 1.82) is 0 Å². The summed E-state index contributed by atoms with van der Waals surface area (Å²) in [6.07, 6.45) is 1.88. The summed E-state index contributed by atoms with van der Waals surface area (Å²) in [5, 5.41) is 12.1. The summed E-state index contributed by atoms with van der Waals surface area (Å²) in [4.78, 5) is 28.7. The molecule has 0 aliphatic carbocycles. The minimum Gasteiger partial charge on any atom is -0.480 e. The summed E-state index contributed by atoms with van der Waals surface area (Å²) in [5.74, 6) is -0.612. The average molecular weight is 314 g/mol. The van der Waals surface area contributed by atoms with Gasteiger partial charge >= 0.3 is 5.97 Å². The summed E-state index contributed by atoms with van der Waals surface area (Å²) in [6.45, 7) is 3.84. The molecule has 0 saturated heterocycles. The van der Waals surface area contributed by atoms with E-state index in [9.17, 15) is 9.59 Å². The quantitative estimate of drug-likeness (QED) is 0.802. The number of halogens is 1. The number of nitrogens with one attached hydrogen (secondary N) is 1. The van der Waals surface area contributed by atoms with E-state index >= 15 is 0 Å². The lowest BCUT2D eigenvalue weighted by atomic mass is 10.0. The van der Waals surface area contributed by atoms with Crippen LogP contribution in [0, 0.1) is 5.92 Å². The van der Waals surface area contributed by atoms with Gasteiger partial charge in [0.15, 0.2) is 0 Å². The first-order valence-electron chi connectivity index (χ1n) is 6.64.